The third kappa shape index (κ3) is 5.13. The molecule has 1 saturated heterocycles. The van der Waals surface area contributed by atoms with Crippen molar-refractivity contribution in [3.63, 3.8) is 0 Å². The number of piperidine rings is 1. The number of nitrogens with zero attached hydrogens (tertiary/aromatic N) is 2. The average Bonchev–Trinajstić information content (AvgIpc) is 3.22. The van der Waals surface area contributed by atoms with Gasteiger partial charge >= 0.3 is 0 Å². The topological polar surface area (TPSA) is 55.3 Å². The molecule has 0 saturated carbocycles. The fraction of sp³-hybridized carbons (Fsp3) is 0.435. The van der Waals surface area contributed by atoms with Gasteiger partial charge in [-0.2, -0.15) is 0 Å². The number of aliphatic imine (C=N–C) groups is 1. The number of para-hydroxylation sites is 1. The molecule has 2 aliphatic rings. The van der Waals surface area contributed by atoms with E-state index in [1.165, 1.54) is 5.56 Å². The van der Waals surface area contributed by atoms with Crippen molar-refractivity contribution >= 4 is 5.96 Å². The molecule has 0 radical (unpaired) electrons. The first-order valence-electron chi connectivity index (χ1n) is 10.5. The molecule has 6 nitrogen and oxygen atoms in total. The van der Waals surface area contributed by atoms with E-state index in [0.29, 0.717) is 6.79 Å². The maximum absolute atomic E-state index is 6.11. The van der Waals surface area contributed by atoms with Crippen LogP contribution in [0, 0.1) is 0 Å². The number of ether oxygens (including phenoxy) is 3. The van der Waals surface area contributed by atoms with Crippen LogP contribution in [0.1, 0.15) is 25.3 Å². The summed E-state index contributed by atoms with van der Waals surface area (Å²) in [4.78, 5) is 7.19. The van der Waals surface area contributed by atoms with Gasteiger partial charge in [-0.05, 0) is 43.2 Å². The molecule has 2 aliphatic heterocycles. The SMILES string of the molecule is CCNC(=NCCc1ccc2c(c1)OCO2)N1CCC(Oc2ccccc2)CC1. The Morgan fingerprint density at radius 2 is 1.90 bits per heavy atom. The summed E-state index contributed by atoms with van der Waals surface area (Å²) in [5, 5.41) is 3.44. The predicted octanol–water partition coefficient (Wildman–Crippen LogP) is 3.47. The van der Waals surface area contributed by atoms with E-state index in [0.717, 1.165) is 68.6 Å². The van der Waals surface area contributed by atoms with Crippen LogP contribution in [0.2, 0.25) is 0 Å². The number of hydrogen-bond donors (Lipinski definition) is 1. The van der Waals surface area contributed by atoms with Crippen molar-refractivity contribution in [2.24, 2.45) is 4.99 Å². The summed E-state index contributed by atoms with van der Waals surface area (Å²) >= 11 is 0. The Morgan fingerprint density at radius 1 is 1.10 bits per heavy atom. The fourth-order valence-corrected chi connectivity index (χ4v) is 3.69. The molecule has 1 N–H and O–H groups in total. The van der Waals surface area contributed by atoms with E-state index in [9.17, 15) is 0 Å². The summed E-state index contributed by atoms with van der Waals surface area (Å²) in [5.74, 6) is 3.60. The Morgan fingerprint density at radius 3 is 2.69 bits per heavy atom. The monoisotopic (exact) mass is 395 g/mol. The highest BCUT2D eigenvalue weighted by Gasteiger charge is 2.22. The largest absolute Gasteiger partial charge is 0.490 e. The molecule has 29 heavy (non-hydrogen) atoms. The van der Waals surface area contributed by atoms with Gasteiger partial charge in [0.2, 0.25) is 6.79 Å². The van der Waals surface area contributed by atoms with Gasteiger partial charge in [-0.1, -0.05) is 24.3 Å². The molecule has 154 valence electrons. The van der Waals surface area contributed by atoms with Gasteiger partial charge < -0.3 is 24.4 Å². The van der Waals surface area contributed by atoms with Crippen molar-refractivity contribution < 1.29 is 14.2 Å². The highest BCUT2D eigenvalue weighted by molar-refractivity contribution is 5.80. The van der Waals surface area contributed by atoms with Crippen molar-refractivity contribution in [1.82, 2.24) is 10.2 Å². The lowest BCUT2D eigenvalue weighted by molar-refractivity contribution is 0.129. The molecular weight excluding hydrogens is 366 g/mol. The van der Waals surface area contributed by atoms with E-state index in [2.05, 4.69) is 29.3 Å². The zero-order valence-electron chi connectivity index (χ0n) is 17.0. The van der Waals surface area contributed by atoms with Crippen molar-refractivity contribution in [2.75, 3.05) is 33.0 Å². The smallest absolute Gasteiger partial charge is 0.231 e. The average molecular weight is 396 g/mol. The second-order valence-corrected chi connectivity index (χ2v) is 7.29. The first-order chi connectivity index (χ1) is 14.3. The van der Waals surface area contributed by atoms with E-state index < -0.39 is 0 Å². The lowest BCUT2D eigenvalue weighted by Gasteiger charge is -2.34. The minimum Gasteiger partial charge on any atom is -0.490 e. The number of nitrogens with one attached hydrogen (secondary N) is 1. The van der Waals surface area contributed by atoms with Crippen LogP contribution in [0.3, 0.4) is 0 Å². The number of rotatable bonds is 6. The molecule has 0 atom stereocenters. The predicted molar refractivity (Wildman–Crippen MR) is 114 cm³/mol. The van der Waals surface area contributed by atoms with Crippen molar-refractivity contribution in [3.8, 4) is 17.2 Å². The Balaban J connectivity index is 1.29. The zero-order chi connectivity index (χ0) is 19.9. The van der Waals surface area contributed by atoms with Crippen LogP contribution in [0.4, 0.5) is 0 Å². The van der Waals surface area contributed by atoms with Gasteiger partial charge in [-0.15, -0.1) is 0 Å². The molecule has 1 fully saturated rings. The summed E-state index contributed by atoms with van der Waals surface area (Å²) < 4.78 is 16.9. The van der Waals surface area contributed by atoms with Gasteiger partial charge in [-0.3, -0.25) is 4.99 Å². The minimum absolute atomic E-state index is 0.269. The number of likely N-dealkylation sites (tertiary alicyclic amines) is 1. The molecule has 2 heterocycles. The van der Waals surface area contributed by atoms with Crippen LogP contribution in [0.15, 0.2) is 53.5 Å². The van der Waals surface area contributed by atoms with Crippen LogP contribution in [-0.2, 0) is 6.42 Å². The fourth-order valence-electron chi connectivity index (χ4n) is 3.69. The molecule has 2 aromatic rings. The molecular formula is C23H29N3O3. The van der Waals surface area contributed by atoms with Gasteiger partial charge in [0.1, 0.15) is 11.9 Å². The molecule has 0 aromatic heterocycles. The molecule has 0 spiro atoms. The molecule has 0 amide bonds. The molecule has 4 rings (SSSR count). The molecule has 0 aliphatic carbocycles. The Bertz CT molecular complexity index is 817. The third-order valence-electron chi connectivity index (χ3n) is 5.22. The number of hydrogen-bond acceptors (Lipinski definition) is 4. The standard InChI is InChI=1S/C23H29N3O3/c1-2-24-23(25-13-10-18-8-9-21-22(16-18)28-17-27-21)26-14-11-20(12-15-26)29-19-6-4-3-5-7-19/h3-9,16,20H,2,10-15,17H2,1H3,(H,24,25). The molecule has 0 unspecified atom stereocenters. The van der Waals surface area contributed by atoms with Crippen molar-refractivity contribution in [3.05, 3.63) is 54.1 Å². The van der Waals surface area contributed by atoms with Gasteiger partial charge in [0.15, 0.2) is 17.5 Å². The first-order valence-corrected chi connectivity index (χ1v) is 10.5. The Labute approximate surface area is 172 Å². The van der Waals surface area contributed by atoms with E-state index in [4.69, 9.17) is 19.2 Å². The van der Waals surface area contributed by atoms with Crippen LogP contribution in [0.25, 0.3) is 0 Å². The van der Waals surface area contributed by atoms with Crippen molar-refractivity contribution in [1.29, 1.82) is 0 Å². The summed E-state index contributed by atoms with van der Waals surface area (Å²) in [6.07, 6.45) is 3.15. The maximum atomic E-state index is 6.11. The highest BCUT2D eigenvalue weighted by atomic mass is 16.7. The van der Waals surface area contributed by atoms with Gasteiger partial charge in [0.05, 0.1) is 0 Å². The summed E-state index contributed by atoms with van der Waals surface area (Å²) in [6.45, 7) is 5.93. The van der Waals surface area contributed by atoms with Crippen molar-refractivity contribution in [2.45, 2.75) is 32.3 Å². The van der Waals surface area contributed by atoms with E-state index in [1.807, 2.05) is 36.4 Å². The van der Waals surface area contributed by atoms with Crippen LogP contribution >= 0.6 is 0 Å². The van der Waals surface area contributed by atoms with Crippen LogP contribution in [0.5, 0.6) is 17.2 Å². The van der Waals surface area contributed by atoms with Gasteiger partial charge in [-0.25, -0.2) is 0 Å². The molecule has 0 bridgehead atoms. The second-order valence-electron chi connectivity index (χ2n) is 7.29. The first kappa shape index (κ1) is 19.4. The van der Waals surface area contributed by atoms with E-state index in [-0.39, 0.29) is 6.10 Å². The minimum atomic E-state index is 0.269. The number of fused-ring (bicyclic) bond motifs is 1. The highest BCUT2D eigenvalue weighted by Crippen LogP contribution is 2.32. The zero-order valence-corrected chi connectivity index (χ0v) is 17.0. The maximum Gasteiger partial charge on any atom is 0.231 e. The quantitative estimate of drug-likeness (QED) is 0.600. The van der Waals surface area contributed by atoms with E-state index >= 15 is 0 Å². The Kier molecular flexibility index (Phi) is 6.39. The summed E-state index contributed by atoms with van der Waals surface area (Å²) in [5.41, 5.74) is 1.21. The third-order valence-corrected chi connectivity index (χ3v) is 5.22. The lowest BCUT2D eigenvalue weighted by atomic mass is 10.1. The lowest BCUT2D eigenvalue weighted by Crippen LogP contribution is -2.47. The summed E-state index contributed by atoms with van der Waals surface area (Å²) in [7, 11) is 0. The Hall–Kier alpha value is -2.89. The molecule has 6 heteroatoms. The molecule has 2 aromatic carbocycles. The number of guanidine groups is 1. The van der Waals surface area contributed by atoms with Crippen LogP contribution < -0.4 is 19.5 Å². The number of benzene rings is 2. The second kappa shape index (κ2) is 9.54. The summed E-state index contributed by atoms with van der Waals surface area (Å²) in [6, 6.07) is 16.2. The van der Waals surface area contributed by atoms with E-state index in [1.54, 1.807) is 0 Å². The van der Waals surface area contributed by atoms with Crippen LogP contribution in [-0.4, -0.2) is 49.9 Å². The normalized spacial score (nSPS) is 16.7. The van der Waals surface area contributed by atoms with Gasteiger partial charge in [0.25, 0.3) is 0 Å². The van der Waals surface area contributed by atoms with Gasteiger partial charge in [0, 0.05) is 39.0 Å².